The van der Waals surface area contributed by atoms with E-state index in [9.17, 15) is 14.4 Å². The highest BCUT2D eigenvalue weighted by molar-refractivity contribution is 5.98. The van der Waals surface area contributed by atoms with Crippen LogP contribution in [-0.4, -0.2) is 68.0 Å². The Bertz CT molecular complexity index is 1120. The Morgan fingerprint density at radius 1 is 1.08 bits per heavy atom. The number of nitrogens with zero attached hydrogens (tertiary/aromatic N) is 1. The van der Waals surface area contributed by atoms with E-state index in [2.05, 4.69) is 10.3 Å². The van der Waals surface area contributed by atoms with Gasteiger partial charge in [-0.1, -0.05) is 6.92 Å². The van der Waals surface area contributed by atoms with Crippen molar-refractivity contribution in [3.05, 3.63) is 42.2 Å². The number of aromatic nitrogens is 1. The minimum atomic E-state index is -0.968. The molecule has 2 heterocycles. The van der Waals surface area contributed by atoms with Gasteiger partial charge in [0.1, 0.15) is 23.6 Å². The quantitative estimate of drug-likeness (QED) is 0.444. The first kappa shape index (κ1) is 29.7. The second-order valence-corrected chi connectivity index (χ2v) is 9.05. The Kier molecular flexibility index (Phi) is 10.9. The first-order valence-corrected chi connectivity index (χ1v) is 12.9. The van der Waals surface area contributed by atoms with Crippen molar-refractivity contribution in [2.45, 2.75) is 70.8 Å². The number of cyclic esters (lactones) is 1. The molecule has 4 atom stereocenters. The van der Waals surface area contributed by atoms with E-state index in [1.54, 1.807) is 38.3 Å². The lowest BCUT2D eigenvalue weighted by atomic mass is 10.0. The maximum absolute atomic E-state index is 13.2. The summed E-state index contributed by atoms with van der Waals surface area (Å²) in [6.45, 7) is 5.47. The van der Waals surface area contributed by atoms with E-state index in [0.717, 1.165) is 6.42 Å². The average molecular weight is 545 g/mol. The van der Waals surface area contributed by atoms with Crippen LogP contribution in [0.2, 0.25) is 0 Å². The van der Waals surface area contributed by atoms with E-state index in [4.69, 9.17) is 28.4 Å². The van der Waals surface area contributed by atoms with Gasteiger partial charge >= 0.3 is 11.9 Å². The molecular weight excluding hydrogens is 508 g/mol. The van der Waals surface area contributed by atoms with E-state index in [-0.39, 0.29) is 23.3 Å². The van der Waals surface area contributed by atoms with E-state index in [1.807, 2.05) is 6.92 Å². The summed E-state index contributed by atoms with van der Waals surface area (Å²) in [5.74, 6) is -0.666. The summed E-state index contributed by atoms with van der Waals surface area (Å²) in [4.78, 5) is 42.0. The standard InChI is InChI=1S/C28H36N2O9/c1-6-16-36-23-9-7-8-21(30-27(32)24-26(38-18(3)31)22(35-5)14-15-29-24)28(33)37-17(2)25(23)39-20-12-10-19(34-4)11-13-20/h10-15,17,21,23,25H,6-9,16H2,1-5H3,(H,30,32)/t17-,21-,23-,25-/m0/s1. The molecule has 1 fully saturated rings. The summed E-state index contributed by atoms with van der Waals surface area (Å²) < 4.78 is 33.8. The van der Waals surface area contributed by atoms with Gasteiger partial charge in [0.15, 0.2) is 17.5 Å². The number of nitrogens with one attached hydrogen (secondary N) is 1. The summed E-state index contributed by atoms with van der Waals surface area (Å²) in [7, 11) is 2.96. The molecule has 11 heteroatoms. The molecule has 1 N–H and O–H groups in total. The fourth-order valence-electron chi connectivity index (χ4n) is 4.22. The monoisotopic (exact) mass is 544 g/mol. The largest absolute Gasteiger partial charge is 0.497 e. The zero-order valence-electron chi connectivity index (χ0n) is 22.9. The van der Waals surface area contributed by atoms with E-state index in [1.165, 1.54) is 26.3 Å². The number of hydrogen-bond donors (Lipinski definition) is 1. The molecule has 1 aliphatic rings. The van der Waals surface area contributed by atoms with Crippen LogP contribution in [0.5, 0.6) is 23.0 Å². The Morgan fingerprint density at radius 2 is 1.79 bits per heavy atom. The number of amides is 1. The van der Waals surface area contributed by atoms with E-state index >= 15 is 0 Å². The van der Waals surface area contributed by atoms with Crippen LogP contribution < -0.4 is 24.3 Å². The van der Waals surface area contributed by atoms with Crippen molar-refractivity contribution in [1.29, 1.82) is 0 Å². The van der Waals surface area contributed by atoms with Crippen molar-refractivity contribution in [1.82, 2.24) is 10.3 Å². The topological polar surface area (TPSA) is 132 Å². The smallest absolute Gasteiger partial charge is 0.329 e. The highest BCUT2D eigenvalue weighted by Crippen LogP contribution is 2.30. The molecule has 0 spiro atoms. The lowest BCUT2D eigenvalue weighted by Crippen LogP contribution is -2.46. The van der Waals surface area contributed by atoms with Crippen LogP contribution in [0.25, 0.3) is 0 Å². The summed E-state index contributed by atoms with van der Waals surface area (Å²) in [6.07, 6.45) is 1.96. The van der Waals surface area contributed by atoms with Crippen molar-refractivity contribution >= 4 is 17.8 Å². The molecule has 1 aliphatic heterocycles. The minimum Gasteiger partial charge on any atom is -0.497 e. The third kappa shape index (κ3) is 8.06. The van der Waals surface area contributed by atoms with E-state index < -0.39 is 36.1 Å². The fourth-order valence-corrected chi connectivity index (χ4v) is 4.22. The van der Waals surface area contributed by atoms with Crippen LogP contribution in [0.3, 0.4) is 0 Å². The summed E-state index contributed by atoms with van der Waals surface area (Å²) in [6, 6.07) is 7.62. The Balaban J connectivity index is 1.80. The molecule has 2 aromatic rings. The maximum Gasteiger partial charge on any atom is 0.329 e. The number of ether oxygens (including phenoxy) is 6. The van der Waals surface area contributed by atoms with Crippen LogP contribution in [-0.2, 0) is 19.1 Å². The van der Waals surface area contributed by atoms with Crippen molar-refractivity contribution in [2.75, 3.05) is 20.8 Å². The first-order chi connectivity index (χ1) is 18.8. The van der Waals surface area contributed by atoms with Crippen molar-refractivity contribution in [2.24, 2.45) is 0 Å². The summed E-state index contributed by atoms with van der Waals surface area (Å²) in [5.41, 5.74) is -0.185. The number of carbonyl (C=O) groups excluding carboxylic acids is 3. The Morgan fingerprint density at radius 3 is 2.44 bits per heavy atom. The van der Waals surface area contributed by atoms with Gasteiger partial charge in [-0.05, 0) is 56.9 Å². The molecule has 0 unspecified atom stereocenters. The number of carbonyl (C=O) groups is 3. The van der Waals surface area contributed by atoms with Crippen molar-refractivity contribution in [3.63, 3.8) is 0 Å². The van der Waals surface area contributed by atoms with Gasteiger partial charge in [-0.2, -0.15) is 0 Å². The molecule has 3 rings (SSSR count). The maximum atomic E-state index is 13.2. The second kappa shape index (κ2) is 14.3. The van der Waals surface area contributed by atoms with Gasteiger partial charge in [0, 0.05) is 25.8 Å². The number of hydrogen-bond acceptors (Lipinski definition) is 10. The first-order valence-electron chi connectivity index (χ1n) is 12.9. The van der Waals surface area contributed by atoms with Crippen molar-refractivity contribution < 1.29 is 42.8 Å². The molecule has 1 aromatic heterocycles. The highest BCUT2D eigenvalue weighted by Gasteiger charge is 2.37. The number of pyridine rings is 1. The third-order valence-corrected chi connectivity index (χ3v) is 6.12. The van der Waals surface area contributed by atoms with Crippen LogP contribution in [0.1, 0.15) is 56.9 Å². The number of benzene rings is 1. The highest BCUT2D eigenvalue weighted by atomic mass is 16.6. The molecule has 212 valence electrons. The molecule has 1 aromatic carbocycles. The van der Waals surface area contributed by atoms with Gasteiger partial charge in [-0.25, -0.2) is 9.78 Å². The van der Waals surface area contributed by atoms with Gasteiger partial charge in [0.2, 0.25) is 5.75 Å². The Labute approximate surface area is 228 Å². The van der Waals surface area contributed by atoms with Crippen LogP contribution in [0, 0.1) is 0 Å². The Hall–Kier alpha value is -3.86. The average Bonchev–Trinajstić information content (AvgIpc) is 2.97. The van der Waals surface area contributed by atoms with Gasteiger partial charge in [-0.15, -0.1) is 0 Å². The molecule has 11 nitrogen and oxygen atoms in total. The second-order valence-electron chi connectivity index (χ2n) is 9.05. The summed E-state index contributed by atoms with van der Waals surface area (Å²) >= 11 is 0. The van der Waals surface area contributed by atoms with Gasteiger partial charge in [0.05, 0.1) is 20.3 Å². The zero-order valence-corrected chi connectivity index (χ0v) is 22.9. The predicted octanol–water partition coefficient (Wildman–Crippen LogP) is 3.48. The fraction of sp³-hybridized carbons (Fsp3) is 0.500. The van der Waals surface area contributed by atoms with Gasteiger partial charge in [-0.3, -0.25) is 9.59 Å². The SMILES string of the molecule is CCCO[C@H]1CCC[C@H](NC(=O)c2nccc(OC)c2OC(C)=O)C(=O)O[C@@H](C)[C@@H]1Oc1ccc(OC)cc1. The van der Waals surface area contributed by atoms with Gasteiger partial charge in [0.25, 0.3) is 5.91 Å². The van der Waals surface area contributed by atoms with Gasteiger partial charge < -0.3 is 33.7 Å². The van der Waals surface area contributed by atoms with E-state index in [0.29, 0.717) is 37.4 Å². The molecular formula is C28H36N2O9. The normalized spacial score (nSPS) is 21.4. The van der Waals surface area contributed by atoms with Crippen LogP contribution in [0.4, 0.5) is 0 Å². The lowest BCUT2D eigenvalue weighted by molar-refractivity contribution is -0.159. The molecule has 1 saturated heterocycles. The summed E-state index contributed by atoms with van der Waals surface area (Å²) in [5, 5.41) is 2.68. The molecule has 0 saturated carbocycles. The molecule has 0 bridgehead atoms. The molecule has 0 aliphatic carbocycles. The number of rotatable bonds is 10. The molecule has 1 amide bonds. The van der Waals surface area contributed by atoms with Crippen molar-refractivity contribution in [3.8, 4) is 23.0 Å². The van der Waals surface area contributed by atoms with Crippen LogP contribution in [0.15, 0.2) is 36.5 Å². The minimum absolute atomic E-state index is 0.129. The predicted molar refractivity (Wildman–Crippen MR) is 140 cm³/mol. The molecule has 0 radical (unpaired) electrons. The third-order valence-electron chi connectivity index (χ3n) is 6.12. The zero-order chi connectivity index (χ0) is 28.4. The number of methoxy groups -OCH3 is 2. The number of esters is 2. The lowest BCUT2D eigenvalue weighted by Gasteiger charge is -2.31. The van der Waals surface area contributed by atoms with Crippen LogP contribution >= 0.6 is 0 Å². The molecule has 39 heavy (non-hydrogen) atoms.